The number of halogens is 1. The highest BCUT2D eigenvalue weighted by Gasteiger charge is 2.20. The number of pyridine rings is 1. The van der Waals surface area contributed by atoms with Crippen LogP contribution < -0.4 is 5.73 Å². The van der Waals surface area contributed by atoms with Crippen molar-refractivity contribution in [2.24, 2.45) is 0 Å². The molecule has 0 atom stereocenters. The largest absolute Gasteiger partial charge is 0.368 e. The highest BCUT2D eigenvalue weighted by molar-refractivity contribution is 6.30. The van der Waals surface area contributed by atoms with Crippen molar-refractivity contribution in [2.45, 2.75) is 26.4 Å². The van der Waals surface area contributed by atoms with E-state index < -0.39 is 0 Å². The third-order valence-electron chi connectivity index (χ3n) is 4.29. The van der Waals surface area contributed by atoms with Crippen LogP contribution in [-0.4, -0.2) is 30.8 Å². The molecule has 6 nitrogen and oxygen atoms in total. The summed E-state index contributed by atoms with van der Waals surface area (Å²) >= 11 is 6.13. The van der Waals surface area contributed by atoms with Crippen LogP contribution in [0.5, 0.6) is 0 Å². The molecular weight excluding hydrogens is 312 g/mol. The fourth-order valence-electron chi connectivity index (χ4n) is 3.11. The SMILES string of the molecule is Cc1nc2ccc(Cl)cn2c1CN1CCc2nc(N)ncc2C1. The van der Waals surface area contributed by atoms with E-state index in [9.17, 15) is 0 Å². The van der Waals surface area contributed by atoms with Crippen LogP contribution in [0.15, 0.2) is 24.5 Å². The molecule has 0 aliphatic carbocycles. The number of aromatic nitrogens is 4. The molecule has 0 radical (unpaired) electrons. The Bertz CT molecular complexity index is 888. The van der Waals surface area contributed by atoms with Crippen molar-refractivity contribution in [1.82, 2.24) is 24.3 Å². The molecule has 7 heteroatoms. The number of nitrogens with zero attached hydrogens (tertiary/aromatic N) is 5. The minimum Gasteiger partial charge on any atom is -0.368 e. The summed E-state index contributed by atoms with van der Waals surface area (Å²) in [6.45, 7) is 4.62. The van der Waals surface area contributed by atoms with E-state index in [1.807, 2.05) is 31.5 Å². The van der Waals surface area contributed by atoms with Crippen LogP contribution in [-0.2, 0) is 19.5 Å². The number of nitrogen functional groups attached to an aromatic ring is 1. The minimum atomic E-state index is 0.351. The van der Waals surface area contributed by atoms with Crippen LogP contribution >= 0.6 is 11.6 Å². The van der Waals surface area contributed by atoms with Crippen molar-refractivity contribution in [3.63, 3.8) is 0 Å². The van der Waals surface area contributed by atoms with Crippen molar-refractivity contribution < 1.29 is 0 Å². The molecule has 23 heavy (non-hydrogen) atoms. The first-order valence-corrected chi connectivity index (χ1v) is 7.93. The zero-order valence-corrected chi connectivity index (χ0v) is 13.6. The first-order valence-electron chi connectivity index (χ1n) is 7.56. The Morgan fingerprint density at radius 1 is 1.30 bits per heavy atom. The average molecular weight is 329 g/mol. The summed E-state index contributed by atoms with van der Waals surface area (Å²) in [5.74, 6) is 0.351. The maximum atomic E-state index is 6.13. The maximum Gasteiger partial charge on any atom is 0.220 e. The van der Waals surface area contributed by atoms with Gasteiger partial charge in [0.25, 0.3) is 0 Å². The van der Waals surface area contributed by atoms with E-state index >= 15 is 0 Å². The summed E-state index contributed by atoms with van der Waals surface area (Å²) in [4.78, 5) is 15.4. The van der Waals surface area contributed by atoms with E-state index in [1.54, 1.807) is 0 Å². The molecule has 4 heterocycles. The fraction of sp³-hybridized carbons (Fsp3) is 0.312. The fourth-order valence-corrected chi connectivity index (χ4v) is 3.27. The molecule has 0 saturated carbocycles. The van der Waals surface area contributed by atoms with Crippen LogP contribution in [0.4, 0.5) is 5.95 Å². The van der Waals surface area contributed by atoms with Crippen molar-refractivity contribution in [1.29, 1.82) is 0 Å². The summed E-state index contributed by atoms with van der Waals surface area (Å²) in [6, 6.07) is 3.81. The van der Waals surface area contributed by atoms with Gasteiger partial charge in [-0.1, -0.05) is 11.6 Å². The minimum absolute atomic E-state index is 0.351. The number of anilines is 1. The first-order chi connectivity index (χ1) is 11.1. The Balaban J connectivity index is 1.63. The highest BCUT2D eigenvalue weighted by atomic mass is 35.5. The monoisotopic (exact) mass is 328 g/mol. The number of imidazole rings is 1. The Kier molecular flexibility index (Phi) is 3.43. The molecule has 1 aliphatic rings. The lowest BCUT2D eigenvalue weighted by Crippen LogP contribution is -2.31. The van der Waals surface area contributed by atoms with Crippen LogP contribution in [0, 0.1) is 6.92 Å². The number of aryl methyl sites for hydroxylation is 1. The van der Waals surface area contributed by atoms with Gasteiger partial charge in [0.05, 0.1) is 22.1 Å². The number of hydrogen-bond donors (Lipinski definition) is 1. The van der Waals surface area contributed by atoms with Crippen molar-refractivity contribution in [3.8, 4) is 0 Å². The van der Waals surface area contributed by atoms with Gasteiger partial charge in [0, 0.05) is 44.0 Å². The molecule has 0 amide bonds. The molecule has 3 aromatic rings. The van der Waals surface area contributed by atoms with Crippen molar-refractivity contribution >= 4 is 23.2 Å². The number of hydrogen-bond acceptors (Lipinski definition) is 5. The first kappa shape index (κ1) is 14.4. The molecular formula is C16H17ClN6. The molecule has 0 spiro atoms. The van der Waals surface area contributed by atoms with Crippen LogP contribution in [0.1, 0.15) is 22.6 Å². The van der Waals surface area contributed by atoms with Crippen LogP contribution in [0.3, 0.4) is 0 Å². The summed E-state index contributed by atoms with van der Waals surface area (Å²) in [5, 5.41) is 0.712. The Hall–Kier alpha value is -2.18. The van der Waals surface area contributed by atoms with Crippen molar-refractivity contribution in [2.75, 3.05) is 12.3 Å². The Labute approximate surface area is 138 Å². The smallest absolute Gasteiger partial charge is 0.220 e. The second-order valence-electron chi connectivity index (χ2n) is 5.88. The lowest BCUT2D eigenvalue weighted by molar-refractivity contribution is 0.239. The predicted molar refractivity (Wildman–Crippen MR) is 89.2 cm³/mol. The molecule has 4 rings (SSSR count). The van der Waals surface area contributed by atoms with Crippen LogP contribution in [0.25, 0.3) is 5.65 Å². The van der Waals surface area contributed by atoms with Crippen LogP contribution in [0.2, 0.25) is 5.02 Å². The van der Waals surface area contributed by atoms with Gasteiger partial charge in [-0.25, -0.2) is 15.0 Å². The molecule has 0 fully saturated rings. The van der Waals surface area contributed by atoms with E-state index in [4.69, 9.17) is 17.3 Å². The molecule has 0 aromatic carbocycles. The summed E-state index contributed by atoms with van der Waals surface area (Å²) in [7, 11) is 0. The van der Waals surface area contributed by atoms with E-state index in [1.165, 1.54) is 5.69 Å². The predicted octanol–water partition coefficient (Wildman–Crippen LogP) is 2.23. The lowest BCUT2D eigenvalue weighted by atomic mass is 10.1. The van der Waals surface area contributed by atoms with Gasteiger partial charge in [-0.15, -0.1) is 0 Å². The average Bonchev–Trinajstić information content (AvgIpc) is 2.83. The van der Waals surface area contributed by atoms with Gasteiger partial charge < -0.3 is 10.1 Å². The summed E-state index contributed by atoms with van der Waals surface area (Å²) in [6.07, 6.45) is 4.65. The molecule has 0 saturated heterocycles. The number of nitrogens with two attached hydrogens (primary N) is 1. The standard InChI is InChI=1S/C16H17ClN6/c1-10-14(23-8-12(17)2-3-15(23)20-10)9-22-5-4-13-11(7-22)6-19-16(18)21-13/h2-3,6,8H,4-5,7,9H2,1H3,(H2,18,19,21). The molecule has 2 N–H and O–H groups in total. The molecule has 118 valence electrons. The second-order valence-corrected chi connectivity index (χ2v) is 6.32. The quantitative estimate of drug-likeness (QED) is 0.781. The summed E-state index contributed by atoms with van der Waals surface area (Å²) < 4.78 is 2.08. The van der Waals surface area contributed by atoms with Gasteiger partial charge in [-0.05, 0) is 19.1 Å². The molecule has 0 unspecified atom stereocenters. The van der Waals surface area contributed by atoms with Gasteiger partial charge in [-0.3, -0.25) is 4.90 Å². The maximum absolute atomic E-state index is 6.13. The van der Waals surface area contributed by atoms with Gasteiger partial charge >= 0.3 is 0 Å². The zero-order chi connectivity index (χ0) is 16.0. The van der Waals surface area contributed by atoms with E-state index in [2.05, 4.69) is 24.3 Å². The zero-order valence-electron chi connectivity index (χ0n) is 12.8. The second kappa shape index (κ2) is 5.47. The Morgan fingerprint density at radius 2 is 2.17 bits per heavy atom. The topological polar surface area (TPSA) is 72.3 Å². The summed E-state index contributed by atoms with van der Waals surface area (Å²) in [5.41, 5.74) is 11.0. The van der Waals surface area contributed by atoms with Crippen molar-refractivity contribution in [3.05, 3.63) is 52.2 Å². The lowest BCUT2D eigenvalue weighted by Gasteiger charge is -2.27. The van der Waals surface area contributed by atoms with E-state index in [-0.39, 0.29) is 0 Å². The molecule has 1 aliphatic heterocycles. The highest BCUT2D eigenvalue weighted by Crippen LogP contribution is 2.22. The number of rotatable bonds is 2. The Morgan fingerprint density at radius 3 is 3.04 bits per heavy atom. The third-order valence-corrected chi connectivity index (χ3v) is 4.51. The van der Waals surface area contributed by atoms with E-state index in [0.717, 1.165) is 48.7 Å². The van der Waals surface area contributed by atoms with Gasteiger partial charge in [0.2, 0.25) is 5.95 Å². The van der Waals surface area contributed by atoms with Gasteiger partial charge in [0.15, 0.2) is 0 Å². The third kappa shape index (κ3) is 2.64. The van der Waals surface area contributed by atoms with E-state index in [0.29, 0.717) is 11.0 Å². The van der Waals surface area contributed by atoms with Gasteiger partial charge in [-0.2, -0.15) is 0 Å². The molecule has 3 aromatic heterocycles. The normalized spacial score (nSPS) is 15.0. The van der Waals surface area contributed by atoms with Gasteiger partial charge in [0.1, 0.15) is 5.65 Å². The molecule has 0 bridgehead atoms. The number of fused-ring (bicyclic) bond motifs is 2.